The fourth-order valence-corrected chi connectivity index (χ4v) is 2.77. The molecule has 5 heteroatoms. The summed E-state index contributed by atoms with van der Waals surface area (Å²) in [5, 5.41) is 0.546. The van der Waals surface area contributed by atoms with Crippen molar-refractivity contribution in [3.05, 3.63) is 47.7 Å². The Morgan fingerprint density at radius 1 is 0.952 bits per heavy atom. The SMILES string of the molecule is COc1ccc(N2CCN(c3ccnc(Cl)c3)CC2)cc1. The molecule has 0 radical (unpaired) electrons. The van der Waals surface area contributed by atoms with Crippen molar-refractivity contribution in [1.29, 1.82) is 0 Å². The highest BCUT2D eigenvalue weighted by Crippen LogP contribution is 2.23. The Labute approximate surface area is 129 Å². The first-order valence-electron chi connectivity index (χ1n) is 7.02. The molecule has 0 unspecified atom stereocenters. The second-order valence-electron chi connectivity index (χ2n) is 5.01. The molecule has 0 N–H and O–H groups in total. The summed E-state index contributed by atoms with van der Waals surface area (Å²) < 4.78 is 5.20. The van der Waals surface area contributed by atoms with Crippen LogP contribution in [0.2, 0.25) is 5.15 Å². The lowest BCUT2D eigenvalue weighted by Crippen LogP contribution is -2.46. The van der Waals surface area contributed by atoms with Crippen molar-refractivity contribution in [3.63, 3.8) is 0 Å². The zero-order chi connectivity index (χ0) is 14.7. The Bertz CT molecular complexity index is 595. The number of pyridine rings is 1. The van der Waals surface area contributed by atoms with Crippen LogP contribution in [0.1, 0.15) is 0 Å². The van der Waals surface area contributed by atoms with Crippen LogP contribution in [0.25, 0.3) is 0 Å². The molecule has 4 nitrogen and oxygen atoms in total. The number of piperazine rings is 1. The lowest BCUT2D eigenvalue weighted by atomic mass is 10.2. The summed E-state index contributed by atoms with van der Waals surface area (Å²) >= 11 is 5.96. The van der Waals surface area contributed by atoms with Crippen molar-refractivity contribution >= 4 is 23.0 Å². The molecule has 0 aliphatic carbocycles. The zero-order valence-corrected chi connectivity index (χ0v) is 12.8. The van der Waals surface area contributed by atoms with Crippen LogP contribution in [0.15, 0.2) is 42.6 Å². The second-order valence-corrected chi connectivity index (χ2v) is 5.40. The van der Waals surface area contributed by atoms with Gasteiger partial charge in [0.2, 0.25) is 0 Å². The third kappa shape index (κ3) is 3.22. The number of methoxy groups -OCH3 is 1. The molecule has 110 valence electrons. The predicted molar refractivity (Wildman–Crippen MR) is 86.7 cm³/mol. The number of aromatic nitrogens is 1. The summed E-state index contributed by atoms with van der Waals surface area (Å²) in [5.41, 5.74) is 2.38. The first kappa shape index (κ1) is 14.0. The van der Waals surface area contributed by atoms with Gasteiger partial charge in [0.15, 0.2) is 0 Å². The van der Waals surface area contributed by atoms with E-state index < -0.39 is 0 Å². The van der Waals surface area contributed by atoms with Crippen LogP contribution in [0.5, 0.6) is 5.75 Å². The van der Waals surface area contributed by atoms with Crippen LogP contribution in [0.3, 0.4) is 0 Å². The first-order valence-corrected chi connectivity index (χ1v) is 7.39. The molecule has 1 fully saturated rings. The van der Waals surface area contributed by atoms with E-state index >= 15 is 0 Å². The minimum Gasteiger partial charge on any atom is -0.497 e. The Kier molecular flexibility index (Phi) is 4.15. The molecular weight excluding hydrogens is 286 g/mol. The number of anilines is 2. The van der Waals surface area contributed by atoms with Crippen LogP contribution >= 0.6 is 11.6 Å². The van der Waals surface area contributed by atoms with Crippen molar-refractivity contribution in [3.8, 4) is 5.75 Å². The smallest absolute Gasteiger partial charge is 0.131 e. The molecule has 0 saturated carbocycles. The number of hydrogen-bond acceptors (Lipinski definition) is 4. The average Bonchev–Trinajstić information content (AvgIpc) is 2.55. The summed E-state index contributed by atoms with van der Waals surface area (Å²) in [6, 6.07) is 12.2. The van der Waals surface area contributed by atoms with E-state index in [9.17, 15) is 0 Å². The summed E-state index contributed by atoms with van der Waals surface area (Å²) in [6.07, 6.45) is 1.76. The molecule has 1 aromatic carbocycles. The van der Waals surface area contributed by atoms with Gasteiger partial charge in [0, 0.05) is 43.8 Å². The number of hydrogen-bond donors (Lipinski definition) is 0. The van der Waals surface area contributed by atoms with Gasteiger partial charge in [-0.05, 0) is 36.4 Å². The molecule has 1 saturated heterocycles. The molecule has 0 bridgehead atoms. The lowest BCUT2D eigenvalue weighted by molar-refractivity contribution is 0.415. The fourth-order valence-electron chi connectivity index (χ4n) is 2.60. The molecule has 2 aromatic rings. The topological polar surface area (TPSA) is 28.6 Å². The van der Waals surface area contributed by atoms with E-state index in [2.05, 4.69) is 26.9 Å². The summed E-state index contributed by atoms with van der Waals surface area (Å²) in [6.45, 7) is 3.94. The highest BCUT2D eigenvalue weighted by atomic mass is 35.5. The fraction of sp³-hybridized carbons (Fsp3) is 0.312. The number of rotatable bonds is 3. The van der Waals surface area contributed by atoms with E-state index in [1.54, 1.807) is 13.3 Å². The Hall–Kier alpha value is -1.94. The molecule has 3 rings (SSSR count). The first-order chi connectivity index (χ1) is 10.3. The van der Waals surface area contributed by atoms with E-state index in [-0.39, 0.29) is 0 Å². The largest absolute Gasteiger partial charge is 0.497 e. The van der Waals surface area contributed by atoms with Crippen molar-refractivity contribution in [1.82, 2.24) is 4.98 Å². The van der Waals surface area contributed by atoms with E-state index in [4.69, 9.17) is 16.3 Å². The highest BCUT2D eigenvalue weighted by Gasteiger charge is 2.17. The predicted octanol–water partition coefficient (Wildman–Crippen LogP) is 3.07. The van der Waals surface area contributed by atoms with Gasteiger partial charge in [-0.3, -0.25) is 0 Å². The normalized spacial score (nSPS) is 15.1. The molecule has 1 aliphatic heterocycles. The van der Waals surface area contributed by atoms with Gasteiger partial charge < -0.3 is 14.5 Å². The minimum absolute atomic E-state index is 0.546. The van der Waals surface area contributed by atoms with E-state index in [0.717, 1.165) is 37.6 Å². The highest BCUT2D eigenvalue weighted by molar-refractivity contribution is 6.29. The minimum atomic E-state index is 0.546. The number of nitrogens with zero attached hydrogens (tertiary/aromatic N) is 3. The van der Waals surface area contributed by atoms with Gasteiger partial charge in [-0.25, -0.2) is 4.98 Å². The van der Waals surface area contributed by atoms with Crippen LogP contribution in [0.4, 0.5) is 11.4 Å². The van der Waals surface area contributed by atoms with Gasteiger partial charge in [-0.1, -0.05) is 11.6 Å². The zero-order valence-electron chi connectivity index (χ0n) is 12.0. The van der Waals surface area contributed by atoms with Crippen molar-refractivity contribution in [2.24, 2.45) is 0 Å². The molecule has 0 amide bonds. The summed E-state index contributed by atoms with van der Waals surface area (Å²) in [7, 11) is 1.69. The van der Waals surface area contributed by atoms with Gasteiger partial charge in [0.1, 0.15) is 10.9 Å². The maximum Gasteiger partial charge on any atom is 0.131 e. The van der Waals surface area contributed by atoms with Crippen LogP contribution < -0.4 is 14.5 Å². The Balaban J connectivity index is 1.64. The van der Waals surface area contributed by atoms with E-state index in [1.165, 1.54) is 5.69 Å². The third-order valence-corrected chi connectivity index (χ3v) is 4.00. The number of halogens is 1. The quantitative estimate of drug-likeness (QED) is 0.815. The number of benzene rings is 1. The molecule has 1 aliphatic rings. The Morgan fingerprint density at radius 2 is 1.57 bits per heavy atom. The molecule has 2 heterocycles. The monoisotopic (exact) mass is 303 g/mol. The lowest BCUT2D eigenvalue weighted by Gasteiger charge is -2.37. The van der Waals surface area contributed by atoms with E-state index in [0.29, 0.717) is 5.15 Å². The second kappa shape index (κ2) is 6.22. The Morgan fingerprint density at radius 3 is 2.14 bits per heavy atom. The maximum atomic E-state index is 5.96. The molecule has 0 atom stereocenters. The van der Waals surface area contributed by atoms with Crippen molar-refractivity contribution in [2.45, 2.75) is 0 Å². The molecule has 0 spiro atoms. The van der Waals surface area contributed by atoms with Gasteiger partial charge in [0.25, 0.3) is 0 Å². The average molecular weight is 304 g/mol. The molecule has 21 heavy (non-hydrogen) atoms. The van der Waals surface area contributed by atoms with Crippen molar-refractivity contribution < 1.29 is 4.74 Å². The number of ether oxygens (including phenoxy) is 1. The molecular formula is C16H18ClN3O. The van der Waals surface area contributed by atoms with Gasteiger partial charge >= 0.3 is 0 Å². The van der Waals surface area contributed by atoms with Crippen LogP contribution in [-0.4, -0.2) is 38.3 Å². The van der Waals surface area contributed by atoms with E-state index in [1.807, 2.05) is 24.3 Å². The van der Waals surface area contributed by atoms with Crippen molar-refractivity contribution in [2.75, 3.05) is 43.1 Å². The van der Waals surface area contributed by atoms with Crippen LogP contribution in [0, 0.1) is 0 Å². The van der Waals surface area contributed by atoms with Gasteiger partial charge in [-0.15, -0.1) is 0 Å². The summed E-state index contributed by atoms with van der Waals surface area (Å²) in [4.78, 5) is 8.76. The maximum absolute atomic E-state index is 5.96. The molecule has 1 aromatic heterocycles. The standard InChI is InChI=1S/C16H18ClN3O/c1-21-15-4-2-13(3-5-15)19-8-10-20(11-9-19)14-6-7-18-16(17)12-14/h2-7,12H,8-11H2,1H3. The van der Waals surface area contributed by atoms with Crippen LogP contribution in [-0.2, 0) is 0 Å². The summed E-state index contributed by atoms with van der Waals surface area (Å²) in [5.74, 6) is 0.892. The third-order valence-electron chi connectivity index (χ3n) is 3.79. The van der Waals surface area contributed by atoms with Gasteiger partial charge in [-0.2, -0.15) is 0 Å². The van der Waals surface area contributed by atoms with Gasteiger partial charge in [0.05, 0.1) is 7.11 Å².